The Bertz CT molecular complexity index is 747. The van der Waals surface area contributed by atoms with Gasteiger partial charge >= 0.3 is 0 Å². The predicted molar refractivity (Wildman–Crippen MR) is 93.1 cm³/mol. The summed E-state index contributed by atoms with van der Waals surface area (Å²) < 4.78 is 6.11. The smallest absolute Gasteiger partial charge is 0.273 e. The Morgan fingerprint density at radius 2 is 1.88 bits per heavy atom. The number of imide groups is 1. The number of carbonyl (C=O) groups excluding carboxylic acids is 3. The molecule has 1 aromatic carbocycles. The molecule has 3 amide bonds. The molecule has 0 bridgehead atoms. The van der Waals surface area contributed by atoms with Gasteiger partial charge in [0.15, 0.2) is 0 Å². The zero-order chi connectivity index (χ0) is 18.3. The van der Waals surface area contributed by atoms with Crippen molar-refractivity contribution < 1.29 is 19.1 Å². The highest BCUT2D eigenvalue weighted by Crippen LogP contribution is 2.30. The summed E-state index contributed by atoms with van der Waals surface area (Å²) in [5, 5.41) is 5.70. The van der Waals surface area contributed by atoms with Gasteiger partial charge in [0.05, 0.1) is 6.54 Å². The van der Waals surface area contributed by atoms with Crippen LogP contribution >= 0.6 is 0 Å². The average Bonchev–Trinajstić information content (AvgIpc) is 2.93. The largest absolute Gasteiger partial charge is 0.489 e. The summed E-state index contributed by atoms with van der Waals surface area (Å²) in [6.07, 6.45) is 3.31. The Morgan fingerprint density at radius 1 is 1.12 bits per heavy atom. The van der Waals surface area contributed by atoms with Gasteiger partial charge in [-0.1, -0.05) is 0 Å². The van der Waals surface area contributed by atoms with E-state index >= 15 is 0 Å². The van der Waals surface area contributed by atoms with Crippen molar-refractivity contribution >= 4 is 17.7 Å². The van der Waals surface area contributed by atoms with Gasteiger partial charge in [-0.05, 0) is 56.5 Å². The van der Waals surface area contributed by atoms with E-state index in [1.54, 1.807) is 12.1 Å². The standard InChI is InChI=1S/C19H23N3O4/c1-12-16(4-3-9-20-12)26-14-7-8-15-13(10-14)11-21(19(15)25)22-17(23)5-2-6-18(22)24/h7-8,10,12,16,20H,2-6,9,11H2,1H3/t12-,16-/m1/s1. The summed E-state index contributed by atoms with van der Waals surface area (Å²) in [5.74, 6) is -0.194. The summed E-state index contributed by atoms with van der Waals surface area (Å²) >= 11 is 0. The van der Waals surface area contributed by atoms with Crippen LogP contribution in [0.1, 0.15) is 54.9 Å². The van der Waals surface area contributed by atoms with Crippen LogP contribution in [-0.4, -0.2) is 46.4 Å². The van der Waals surface area contributed by atoms with Gasteiger partial charge in [0, 0.05) is 24.4 Å². The molecule has 0 unspecified atom stereocenters. The van der Waals surface area contributed by atoms with Crippen molar-refractivity contribution in [3.05, 3.63) is 29.3 Å². The van der Waals surface area contributed by atoms with Gasteiger partial charge in [-0.15, -0.1) is 0 Å². The number of hydrogen-bond donors (Lipinski definition) is 1. The van der Waals surface area contributed by atoms with Crippen LogP contribution in [0.3, 0.4) is 0 Å². The minimum Gasteiger partial charge on any atom is -0.489 e. The predicted octanol–water partition coefficient (Wildman–Crippen LogP) is 1.62. The van der Waals surface area contributed by atoms with Crippen molar-refractivity contribution in [2.24, 2.45) is 0 Å². The van der Waals surface area contributed by atoms with E-state index in [9.17, 15) is 14.4 Å². The fraction of sp³-hybridized carbons (Fsp3) is 0.526. The lowest BCUT2D eigenvalue weighted by Gasteiger charge is -2.32. The van der Waals surface area contributed by atoms with Crippen molar-refractivity contribution in [2.45, 2.75) is 57.7 Å². The van der Waals surface area contributed by atoms with E-state index in [1.807, 2.05) is 6.07 Å². The van der Waals surface area contributed by atoms with Crippen molar-refractivity contribution in [3.63, 3.8) is 0 Å². The minimum absolute atomic E-state index is 0.0975. The van der Waals surface area contributed by atoms with Gasteiger partial charge in [-0.25, -0.2) is 5.01 Å². The maximum atomic E-state index is 12.7. The van der Waals surface area contributed by atoms with E-state index in [2.05, 4.69) is 12.2 Å². The molecule has 0 saturated carbocycles. The second-order valence-corrected chi connectivity index (χ2v) is 7.18. The lowest BCUT2D eigenvalue weighted by Crippen LogP contribution is -2.51. The quantitative estimate of drug-likeness (QED) is 0.832. The zero-order valence-electron chi connectivity index (χ0n) is 14.9. The molecular weight excluding hydrogens is 334 g/mol. The van der Waals surface area contributed by atoms with Gasteiger partial charge in [0.25, 0.3) is 5.91 Å². The molecule has 0 radical (unpaired) electrons. The average molecular weight is 357 g/mol. The van der Waals surface area contributed by atoms with E-state index in [4.69, 9.17) is 4.74 Å². The molecule has 26 heavy (non-hydrogen) atoms. The first kappa shape index (κ1) is 17.0. The first-order chi connectivity index (χ1) is 12.5. The number of hydrogen-bond acceptors (Lipinski definition) is 5. The molecule has 7 heteroatoms. The van der Waals surface area contributed by atoms with Crippen LogP contribution in [0.25, 0.3) is 0 Å². The molecule has 3 aliphatic rings. The van der Waals surface area contributed by atoms with Crippen molar-refractivity contribution in [2.75, 3.05) is 6.54 Å². The molecule has 1 aromatic rings. The third kappa shape index (κ3) is 2.96. The molecular formula is C19H23N3O4. The van der Waals surface area contributed by atoms with E-state index in [0.717, 1.165) is 35.7 Å². The molecule has 3 heterocycles. The number of nitrogens with zero attached hydrogens (tertiary/aromatic N) is 2. The highest BCUT2D eigenvalue weighted by Gasteiger charge is 2.39. The van der Waals surface area contributed by atoms with Crippen LogP contribution in [0.5, 0.6) is 5.75 Å². The maximum Gasteiger partial charge on any atom is 0.273 e. The van der Waals surface area contributed by atoms with Crippen molar-refractivity contribution in [1.82, 2.24) is 15.3 Å². The highest BCUT2D eigenvalue weighted by molar-refractivity contribution is 6.04. The molecule has 4 rings (SSSR count). The Kier molecular flexibility index (Phi) is 4.40. The summed E-state index contributed by atoms with van der Waals surface area (Å²) in [7, 11) is 0. The lowest BCUT2D eigenvalue weighted by atomic mass is 10.0. The van der Waals surface area contributed by atoms with E-state index < -0.39 is 0 Å². The summed E-state index contributed by atoms with van der Waals surface area (Å²) in [6, 6.07) is 5.65. The molecule has 0 aromatic heterocycles. The number of benzene rings is 1. The zero-order valence-corrected chi connectivity index (χ0v) is 14.9. The molecule has 2 saturated heterocycles. The number of fused-ring (bicyclic) bond motifs is 1. The van der Waals surface area contributed by atoms with Crippen LogP contribution in [0, 0.1) is 0 Å². The van der Waals surface area contributed by atoms with Crippen molar-refractivity contribution in [1.29, 1.82) is 0 Å². The van der Waals surface area contributed by atoms with Crippen LogP contribution in [0.4, 0.5) is 0 Å². The van der Waals surface area contributed by atoms with Crippen LogP contribution < -0.4 is 10.1 Å². The number of ether oxygens (including phenoxy) is 1. The Morgan fingerprint density at radius 3 is 2.62 bits per heavy atom. The second-order valence-electron chi connectivity index (χ2n) is 7.18. The molecule has 0 aliphatic carbocycles. The van der Waals surface area contributed by atoms with E-state index in [-0.39, 0.29) is 36.4 Å². The van der Waals surface area contributed by atoms with Gasteiger partial charge in [0.2, 0.25) is 11.8 Å². The molecule has 7 nitrogen and oxygen atoms in total. The van der Waals surface area contributed by atoms with Crippen LogP contribution in [-0.2, 0) is 16.1 Å². The number of piperidine rings is 2. The number of hydrazine groups is 1. The molecule has 2 atom stereocenters. The van der Waals surface area contributed by atoms with Gasteiger partial charge in [-0.2, -0.15) is 5.01 Å². The number of carbonyl (C=O) groups is 3. The van der Waals surface area contributed by atoms with Gasteiger partial charge < -0.3 is 10.1 Å². The molecule has 138 valence electrons. The Labute approximate surface area is 152 Å². The number of nitrogens with one attached hydrogen (secondary N) is 1. The minimum atomic E-state index is -0.305. The fourth-order valence-electron chi connectivity index (χ4n) is 3.88. The first-order valence-electron chi connectivity index (χ1n) is 9.25. The highest BCUT2D eigenvalue weighted by atomic mass is 16.5. The Hall–Kier alpha value is -2.41. The topological polar surface area (TPSA) is 79.0 Å². The van der Waals surface area contributed by atoms with E-state index in [0.29, 0.717) is 24.8 Å². The number of rotatable bonds is 3. The third-order valence-electron chi connectivity index (χ3n) is 5.33. The number of amides is 3. The Balaban J connectivity index is 1.53. The monoisotopic (exact) mass is 357 g/mol. The first-order valence-corrected chi connectivity index (χ1v) is 9.25. The molecule has 0 spiro atoms. The normalized spacial score (nSPS) is 26.3. The van der Waals surface area contributed by atoms with Gasteiger partial charge in [0.1, 0.15) is 11.9 Å². The summed E-state index contributed by atoms with van der Waals surface area (Å²) in [5.41, 5.74) is 1.31. The second kappa shape index (κ2) is 6.72. The van der Waals surface area contributed by atoms with E-state index in [1.165, 1.54) is 5.01 Å². The van der Waals surface area contributed by atoms with Gasteiger partial charge in [-0.3, -0.25) is 14.4 Å². The maximum absolute atomic E-state index is 12.7. The fourth-order valence-corrected chi connectivity index (χ4v) is 3.88. The molecule has 2 fully saturated rings. The SMILES string of the molecule is C[C@H]1NCCC[C@H]1Oc1ccc2c(c1)CN(N1C(=O)CCCC1=O)C2=O. The molecule has 3 aliphatic heterocycles. The molecule has 1 N–H and O–H groups in total. The lowest BCUT2D eigenvalue weighted by molar-refractivity contribution is -0.163. The van der Waals surface area contributed by atoms with Crippen LogP contribution in [0.2, 0.25) is 0 Å². The van der Waals surface area contributed by atoms with Crippen LogP contribution in [0.15, 0.2) is 18.2 Å². The summed E-state index contributed by atoms with van der Waals surface area (Å²) in [6.45, 7) is 3.34. The van der Waals surface area contributed by atoms with Crippen molar-refractivity contribution in [3.8, 4) is 5.75 Å². The third-order valence-corrected chi connectivity index (χ3v) is 5.33. The summed E-state index contributed by atoms with van der Waals surface area (Å²) in [4.78, 5) is 36.9.